The van der Waals surface area contributed by atoms with Crippen LogP contribution in [0.4, 0.5) is 0 Å². The van der Waals surface area contributed by atoms with Gasteiger partial charge in [-0.2, -0.15) is 0 Å². The van der Waals surface area contributed by atoms with Crippen LogP contribution in [0.1, 0.15) is 9.68 Å². The van der Waals surface area contributed by atoms with Crippen LogP contribution in [0.5, 0.6) is 0 Å². The Morgan fingerprint density at radius 3 is 2.12 bits per heavy atom. The summed E-state index contributed by atoms with van der Waals surface area (Å²) in [6.07, 6.45) is 3.20. The maximum Gasteiger partial charge on any atom is 0.0280 e. The molecule has 0 fully saturated rings. The summed E-state index contributed by atoms with van der Waals surface area (Å²) in [5.41, 5.74) is 6.23. The van der Waals surface area contributed by atoms with Gasteiger partial charge in [0.2, 0.25) is 0 Å². The van der Waals surface area contributed by atoms with E-state index in [1.807, 2.05) is 60.7 Å². The molecule has 0 unspecified atom stereocenters. The third kappa shape index (κ3) is 6.31. The normalized spacial score (nSPS) is 11.6. The topological polar surface area (TPSA) is 25.8 Å². The number of rotatable bonds is 3. The van der Waals surface area contributed by atoms with Crippen molar-refractivity contribution in [2.75, 3.05) is 0 Å². The molecule has 0 N–H and O–H groups in total. The molecule has 32 heavy (non-hydrogen) atoms. The quantitative estimate of drug-likeness (QED) is 0.209. The van der Waals surface area contributed by atoms with E-state index in [0.29, 0.717) is 0 Å². The average Bonchev–Trinajstić information content (AvgIpc) is 2.90. The van der Waals surface area contributed by atoms with E-state index in [-0.39, 0.29) is 25.7 Å². The first kappa shape index (κ1) is 19.3. The van der Waals surface area contributed by atoms with Crippen molar-refractivity contribution in [3.63, 3.8) is 0 Å². The molecule has 2 nitrogen and oxygen atoms in total. The van der Waals surface area contributed by atoms with Crippen LogP contribution in [-0.4, -0.2) is 9.97 Å². The van der Waals surface area contributed by atoms with Crippen molar-refractivity contribution in [2.24, 2.45) is 0 Å². The first-order valence-electron chi connectivity index (χ1n) is 11.4. The number of aryl methyl sites for hydroxylation is 1. The monoisotopic (exact) mass is 594 g/mol. The number of hydrogen-bond donors (Lipinski definition) is 0. The minimum absolute atomic E-state index is 0. The summed E-state index contributed by atoms with van der Waals surface area (Å²) >= 11 is 0. The van der Waals surface area contributed by atoms with Gasteiger partial charge in [-0.15, -0.1) is 71.3 Å². The number of benzene rings is 3. The fraction of sp³-hybridized carbons (Fsp3) is 0.0345. The van der Waals surface area contributed by atoms with Crippen LogP contribution in [0.2, 0.25) is 0 Å². The molecule has 159 valence electrons. The molecular weight excluding hydrogens is 569 g/mol. The first-order chi connectivity index (χ1) is 16.5. The van der Waals surface area contributed by atoms with Gasteiger partial charge in [0.1, 0.15) is 0 Å². The molecule has 5 aromatic rings. The number of aromatic nitrogens is 2. The molecule has 3 aromatic carbocycles. The summed E-state index contributed by atoms with van der Waals surface area (Å²) in [5.74, 6) is 0. The molecule has 0 atom stereocenters. The molecule has 0 saturated heterocycles. The smallest absolute Gasteiger partial charge is 0.0280 e. The summed E-state index contributed by atoms with van der Waals surface area (Å²) in [6, 6.07) is 39.4. The first-order valence-corrected chi connectivity index (χ1v) is 9.93. The summed E-state index contributed by atoms with van der Waals surface area (Å²) < 4.78 is 21.7. The van der Waals surface area contributed by atoms with Crippen molar-refractivity contribution >= 4 is 0 Å². The van der Waals surface area contributed by atoms with E-state index >= 15 is 0 Å². The summed E-state index contributed by atoms with van der Waals surface area (Å²) in [6.45, 7) is -2.09. The Kier molecular flexibility index (Phi) is 7.15. The van der Waals surface area contributed by atoms with Crippen molar-refractivity contribution in [3.8, 4) is 33.6 Å². The van der Waals surface area contributed by atoms with Gasteiger partial charge >= 0.3 is 0 Å². The Bertz CT molecular complexity index is 1250. The van der Waals surface area contributed by atoms with Gasteiger partial charge in [0.05, 0.1) is 0 Å². The van der Waals surface area contributed by atoms with Gasteiger partial charge in [-0.1, -0.05) is 54.6 Å². The molecule has 5 rings (SSSR count). The van der Waals surface area contributed by atoms with Crippen LogP contribution >= 0.6 is 0 Å². The van der Waals surface area contributed by atoms with E-state index in [1.54, 1.807) is 24.4 Å². The van der Waals surface area contributed by atoms with E-state index in [9.17, 15) is 0 Å². The van der Waals surface area contributed by atoms with Gasteiger partial charge in [0, 0.05) is 36.6 Å². The molecule has 3 heteroatoms. The Hall–Kier alpha value is -3.39. The van der Waals surface area contributed by atoms with E-state index in [1.165, 1.54) is 17.3 Å². The van der Waals surface area contributed by atoms with Crippen molar-refractivity contribution < 1.29 is 24.2 Å². The molecule has 2 heterocycles. The van der Waals surface area contributed by atoms with E-state index < -0.39 is 6.85 Å². The molecular formula is C29H22IrN2-2. The third-order valence-corrected chi connectivity index (χ3v) is 4.60. The molecule has 0 aliphatic carbocycles. The molecule has 2 aromatic heterocycles. The summed E-state index contributed by atoms with van der Waals surface area (Å²) in [7, 11) is 0. The molecule has 0 amide bonds. The van der Waals surface area contributed by atoms with Crippen molar-refractivity contribution in [1.82, 2.24) is 9.97 Å². The Morgan fingerprint density at radius 2 is 1.44 bits per heavy atom. The molecule has 0 aliphatic heterocycles. The molecule has 0 aliphatic rings. The van der Waals surface area contributed by atoms with Crippen LogP contribution in [0.3, 0.4) is 0 Å². The Labute approximate surface area is 207 Å². The zero-order valence-electron chi connectivity index (χ0n) is 20.2. The molecule has 0 spiro atoms. The van der Waals surface area contributed by atoms with Crippen LogP contribution in [0, 0.1) is 19.0 Å². The third-order valence-electron chi connectivity index (χ3n) is 4.60. The fourth-order valence-corrected chi connectivity index (χ4v) is 3.05. The zero-order valence-corrected chi connectivity index (χ0v) is 19.6. The summed E-state index contributed by atoms with van der Waals surface area (Å²) in [5, 5.41) is 0. The van der Waals surface area contributed by atoms with Crippen LogP contribution in [-0.2, 0) is 20.1 Å². The fourth-order valence-electron chi connectivity index (χ4n) is 3.05. The second-order valence-corrected chi connectivity index (χ2v) is 6.78. The molecule has 0 bridgehead atoms. The van der Waals surface area contributed by atoms with Gasteiger partial charge in [0.15, 0.2) is 0 Å². The molecule has 1 radical (unpaired) electrons. The number of hydrogen-bond acceptors (Lipinski definition) is 2. The Balaban J connectivity index is 0.000000192. The second-order valence-electron chi connectivity index (χ2n) is 6.78. The van der Waals surface area contributed by atoms with Crippen molar-refractivity contribution in [1.29, 1.82) is 0 Å². The molecule has 0 saturated carbocycles. The average molecular weight is 594 g/mol. The van der Waals surface area contributed by atoms with Crippen molar-refractivity contribution in [3.05, 3.63) is 133 Å². The van der Waals surface area contributed by atoms with Crippen LogP contribution in [0.25, 0.3) is 33.6 Å². The number of nitrogens with zero attached hydrogens (tertiary/aromatic N) is 2. The Morgan fingerprint density at radius 1 is 0.656 bits per heavy atom. The van der Waals surface area contributed by atoms with Gasteiger partial charge in [-0.05, 0) is 35.4 Å². The van der Waals surface area contributed by atoms with Crippen LogP contribution in [0.15, 0.2) is 116 Å². The van der Waals surface area contributed by atoms with Gasteiger partial charge < -0.3 is 9.97 Å². The minimum atomic E-state index is -2.09. The number of pyridine rings is 2. The van der Waals surface area contributed by atoms with Gasteiger partial charge in [-0.25, -0.2) is 0 Å². The predicted molar refractivity (Wildman–Crippen MR) is 127 cm³/mol. The van der Waals surface area contributed by atoms with E-state index in [4.69, 9.17) is 4.11 Å². The largest absolute Gasteiger partial charge is 0.305 e. The standard InChI is InChI=1S/C17H12N.C12H10N.Ir/c1-2-7-14(8-3-1)15-9-6-10-16(13-15)17-11-4-5-12-18-17;1-10-7-8-12(13-9-10)11-5-3-2-4-6-11;/h1-9,11-13H;2-5,7-9H,1H3;/q2*-1;/i;1D3;. The predicted octanol–water partition coefficient (Wildman–Crippen LogP) is 7.07. The van der Waals surface area contributed by atoms with Crippen molar-refractivity contribution in [2.45, 2.75) is 6.85 Å². The maximum atomic E-state index is 7.23. The second kappa shape index (κ2) is 11.9. The van der Waals surface area contributed by atoms with Crippen LogP contribution < -0.4 is 0 Å². The van der Waals surface area contributed by atoms with Gasteiger partial charge in [0.25, 0.3) is 0 Å². The maximum absolute atomic E-state index is 7.23. The van der Waals surface area contributed by atoms with E-state index in [2.05, 4.69) is 46.4 Å². The zero-order chi connectivity index (χ0) is 23.8. The minimum Gasteiger partial charge on any atom is -0.305 e. The summed E-state index contributed by atoms with van der Waals surface area (Å²) in [4.78, 5) is 8.48. The van der Waals surface area contributed by atoms with Gasteiger partial charge in [-0.3, -0.25) is 0 Å². The van der Waals surface area contributed by atoms with E-state index in [0.717, 1.165) is 22.5 Å². The SMILES string of the molecule is [2H]C([2H])([2H])c1ccc(-c2[c-]cccc2)nc1.[Ir].[c-]1ccc(-c2ccccc2)cc1-c1ccccn1.